The highest BCUT2D eigenvalue weighted by Gasteiger charge is 2.26. The number of pyridine rings is 1. The molecule has 0 saturated carbocycles. The normalized spacial score (nSPS) is 18.6. The van der Waals surface area contributed by atoms with Gasteiger partial charge in [-0.2, -0.15) is 0 Å². The van der Waals surface area contributed by atoms with Crippen LogP contribution in [0, 0.1) is 0 Å². The molecule has 1 aromatic carbocycles. The Morgan fingerprint density at radius 1 is 1.03 bits per heavy atom. The number of carbonyl (C=O) groups excluding carboxylic acids is 1. The minimum atomic E-state index is 0.286. The van der Waals surface area contributed by atoms with Gasteiger partial charge in [-0.05, 0) is 56.3 Å². The molecule has 6 heteroatoms. The Morgan fingerprint density at radius 3 is 2.62 bits per heavy atom. The van der Waals surface area contributed by atoms with Crippen LogP contribution in [0.1, 0.15) is 37.3 Å². The summed E-state index contributed by atoms with van der Waals surface area (Å²) in [5.74, 6) is 1.47. The van der Waals surface area contributed by atoms with E-state index in [1.54, 1.807) is 6.20 Å². The minimum Gasteiger partial charge on any atom is -0.444 e. The number of hydrogen-bond donors (Lipinski definition) is 0. The largest absolute Gasteiger partial charge is 0.444 e. The van der Waals surface area contributed by atoms with E-state index in [1.807, 2.05) is 17.2 Å². The van der Waals surface area contributed by atoms with Gasteiger partial charge < -0.3 is 9.32 Å². The van der Waals surface area contributed by atoms with Crippen molar-refractivity contribution in [3.05, 3.63) is 48.7 Å². The number of aromatic nitrogens is 2. The Kier molecular flexibility index (Phi) is 5.02. The summed E-state index contributed by atoms with van der Waals surface area (Å²) >= 11 is 0. The zero-order valence-corrected chi connectivity index (χ0v) is 16.6. The van der Waals surface area contributed by atoms with E-state index in [9.17, 15) is 4.79 Å². The number of benzene rings is 1. The smallest absolute Gasteiger partial charge is 0.236 e. The van der Waals surface area contributed by atoms with E-state index in [4.69, 9.17) is 9.40 Å². The van der Waals surface area contributed by atoms with Crippen molar-refractivity contribution in [3.63, 3.8) is 0 Å². The quantitative estimate of drug-likeness (QED) is 0.680. The summed E-state index contributed by atoms with van der Waals surface area (Å²) in [6, 6.07) is 8.44. The van der Waals surface area contributed by atoms with Crippen molar-refractivity contribution in [2.75, 3.05) is 32.7 Å². The fourth-order valence-electron chi connectivity index (χ4n) is 4.55. The van der Waals surface area contributed by atoms with E-state index >= 15 is 0 Å². The lowest BCUT2D eigenvalue weighted by molar-refractivity contribution is -0.133. The van der Waals surface area contributed by atoms with Crippen LogP contribution in [-0.2, 0) is 4.79 Å². The van der Waals surface area contributed by atoms with E-state index < -0.39 is 0 Å². The molecule has 5 rings (SSSR count). The summed E-state index contributed by atoms with van der Waals surface area (Å²) in [5, 5.41) is 2.28. The van der Waals surface area contributed by atoms with Crippen LogP contribution in [0.25, 0.3) is 22.1 Å². The molecule has 2 aliphatic rings. The Bertz CT molecular complexity index is 987. The summed E-state index contributed by atoms with van der Waals surface area (Å²) in [6.45, 7) is 4.38. The number of carbonyl (C=O) groups is 1. The third-order valence-electron chi connectivity index (χ3n) is 6.28. The van der Waals surface area contributed by atoms with Gasteiger partial charge in [0.1, 0.15) is 0 Å². The van der Waals surface area contributed by atoms with E-state index in [0.717, 1.165) is 66.8 Å². The molecule has 6 nitrogen and oxygen atoms in total. The highest BCUT2D eigenvalue weighted by Crippen LogP contribution is 2.30. The first-order chi connectivity index (χ1) is 14.3. The molecule has 3 aromatic rings. The second kappa shape index (κ2) is 7.95. The van der Waals surface area contributed by atoms with Crippen LogP contribution in [0.5, 0.6) is 0 Å². The number of hydrogen-bond acceptors (Lipinski definition) is 5. The van der Waals surface area contributed by atoms with Crippen LogP contribution < -0.4 is 0 Å². The number of amides is 1. The molecule has 2 aliphatic heterocycles. The first-order valence-electron chi connectivity index (χ1n) is 10.5. The minimum absolute atomic E-state index is 0.286. The van der Waals surface area contributed by atoms with Crippen molar-refractivity contribution in [3.8, 4) is 11.3 Å². The lowest BCUT2D eigenvalue weighted by atomic mass is 9.92. The lowest BCUT2D eigenvalue weighted by Gasteiger charge is -2.33. The Morgan fingerprint density at radius 2 is 1.86 bits per heavy atom. The van der Waals surface area contributed by atoms with Gasteiger partial charge in [0.2, 0.25) is 5.91 Å². The van der Waals surface area contributed by atoms with Crippen molar-refractivity contribution in [1.82, 2.24) is 19.8 Å². The number of rotatable bonds is 4. The summed E-state index contributed by atoms with van der Waals surface area (Å²) < 4.78 is 5.43. The molecular formula is C23H26N4O2. The zero-order valence-electron chi connectivity index (χ0n) is 16.6. The van der Waals surface area contributed by atoms with Crippen molar-refractivity contribution < 1.29 is 9.21 Å². The topological polar surface area (TPSA) is 62.5 Å². The molecule has 0 spiro atoms. The summed E-state index contributed by atoms with van der Waals surface area (Å²) in [5.41, 5.74) is 2.15. The van der Waals surface area contributed by atoms with E-state index in [-0.39, 0.29) is 5.91 Å². The molecule has 29 heavy (non-hydrogen) atoms. The summed E-state index contributed by atoms with van der Waals surface area (Å²) in [4.78, 5) is 25.6. The van der Waals surface area contributed by atoms with Crippen molar-refractivity contribution >= 4 is 16.7 Å². The van der Waals surface area contributed by atoms with Gasteiger partial charge in [-0.15, -0.1) is 0 Å². The molecule has 0 radical (unpaired) electrons. The number of oxazole rings is 1. The molecule has 2 saturated heterocycles. The van der Waals surface area contributed by atoms with Crippen LogP contribution in [0.4, 0.5) is 0 Å². The second-order valence-corrected chi connectivity index (χ2v) is 8.18. The number of piperidine rings is 1. The highest BCUT2D eigenvalue weighted by atomic mass is 16.3. The average molecular weight is 390 g/mol. The Labute approximate surface area is 170 Å². The SMILES string of the molecule is O=C(CN1CCCC1)N1CCC(c2cc3cc(-c4cnco4)ccc3cn2)CC1. The van der Waals surface area contributed by atoms with Gasteiger partial charge in [-0.25, -0.2) is 4.98 Å². The molecule has 0 bridgehead atoms. The van der Waals surface area contributed by atoms with Gasteiger partial charge in [-0.1, -0.05) is 12.1 Å². The maximum atomic E-state index is 12.6. The molecular weight excluding hydrogens is 364 g/mol. The standard InChI is InChI=1S/C23H26N4O2/c28-23(15-26-7-1-2-8-26)27-9-5-17(6-10-27)21-12-20-11-18(22-14-24-16-29-22)3-4-19(20)13-25-21/h3-4,11-14,16-17H,1-2,5-10,15H2. The van der Waals surface area contributed by atoms with Gasteiger partial charge in [0.15, 0.2) is 12.2 Å². The maximum absolute atomic E-state index is 12.6. The maximum Gasteiger partial charge on any atom is 0.236 e. The van der Waals surface area contributed by atoms with Crippen LogP contribution >= 0.6 is 0 Å². The fourth-order valence-corrected chi connectivity index (χ4v) is 4.55. The third kappa shape index (κ3) is 3.90. The van der Waals surface area contributed by atoms with Gasteiger partial charge in [0.05, 0.1) is 12.7 Å². The van der Waals surface area contributed by atoms with E-state index in [0.29, 0.717) is 12.5 Å². The summed E-state index contributed by atoms with van der Waals surface area (Å²) in [7, 11) is 0. The number of fused-ring (bicyclic) bond motifs is 1. The zero-order chi connectivity index (χ0) is 19.6. The first kappa shape index (κ1) is 18.3. The predicted molar refractivity (Wildman–Crippen MR) is 111 cm³/mol. The fraction of sp³-hybridized carbons (Fsp3) is 0.435. The molecule has 0 unspecified atom stereocenters. The highest BCUT2D eigenvalue weighted by molar-refractivity contribution is 5.86. The average Bonchev–Trinajstić information content (AvgIpc) is 3.47. The van der Waals surface area contributed by atoms with Crippen molar-refractivity contribution in [2.24, 2.45) is 0 Å². The van der Waals surface area contributed by atoms with Crippen LogP contribution in [0.3, 0.4) is 0 Å². The third-order valence-corrected chi connectivity index (χ3v) is 6.28. The number of likely N-dealkylation sites (tertiary alicyclic amines) is 2. The van der Waals surface area contributed by atoms with Crippen LogP contribution in [0.15, 0.2) is 47.5 Å². The molecule has 2 aromatic heterocycles. The van der Waals surface area contributed by atoms with Gasteiger partial charge in [0, 0.05) is 41.8 Å². The van der Waals surface area contributed by atoms with Crippen molar-refractivity contribution in [1.29, 1.82) is 0 Å². The van der Waals surface area contributed by atoms with Crippen LogP contribution in [-0.4, -0.2) is 58.4 Å². The van der Waals surface area contributed by atoms with E-state index in [1.165, 1.54) is 19.2 Å². The summed E-state index contributed by atoms with van der Waals surface area (Å²) in [6.07, 6.45) is 9.55. The molecule has 4 heterocycles. The van der Waals surface area contributed by atoms with Crippen molar-refractivity contribution in [2.45, 2.75) is 31.6 Å². The molecule has 0 N–H and O–H groups in total. The van der Waals surface area contributed by atoms with Gasteiger partial charge in [-0.3, -0.25) is 14.7 Å². The monoisotopic (exact) mass is 390 g/mol. The first-order valence-corrected chi connectivity index (χ1v) is 10.5. The molecule has 1 amide bonds. The molecule has 150 valence electrons. The van der Waals surface area contributed by atoms with E-state index in [2.05, 4.69) is 28.1 Å². The Balaban J connectivity index is 1.27. The lowest BCUT2D eigenvalue weighted by Crippen LogP contribution is -2.43. The van der Waals surface area contributed by atoms with Gasteiger partial charge in [0.25, 0.3) is 0 Å². The predicted octanol–water partition coefficient (Wildman–Crippen LogP) is 3.69. The van der Waals surface area contributed by atoms with Crippen LogP contribution in [0.2, 0.25) is 0 Å². The molecule has 0 aliphatic carbocycles. The molecule has 0 atom stereocenters. The van der Waals surface area contributed by atoms with Gasteiger partial charge >= 0.3 is 0 Å². The molecule has 2 fully saturated rings. The Hall–Kier alpha value is -2.73. The number of nitrogens with zero attached hydrogens (tertiary/aromatic N) is 4. The second-order valence-electron chi connectivity index (χ2n) is 8.18.